The third-order valence-electron chi connectivity index (χ3n) is 1.63. The lowest BCUT2D eigenvalue weighted by Gasteiger charge is -1.97. The fourth-order valence-corrected chi connectivity index (χ4v) is 1.04. The van der Waals surface area contributed by atoms with E-state index in [9.17, 15) is 10.1 Å². The minimum Gasteiger partial charge on any atom is -0.516 e. The molecule has 0 bridgehead atoms. The van der Waals surface area contributed by atoms with Crippen molar-refractivity contribution in [3.63, 3.8) is 0 Å². The second-order valence-corrected chi connectivity index (χ2v) is 2.47. The second kappa shape index (κ2) is 4.25. The van der Waals surface area contributed by atoms with E-state index in [4.69, 9.17) is 5.11 Å². The van der Waals surface area contributed by atoms with Gasteiger partial charge in [0.2, 0.25) is 0 Å². The molecule has 68 valence electrons. The normalized spacial score (nSPS) is 10.5. The average molecular weight is 179 g/mol. The van der Waals surface area contributed by atoms with Gasteiger partial charge in [-0.2, -0.15) is 0 Å². The summed E-state index contributed by atoms with van der Waals surface area (Å²) in [5.41, 5.74) is 0.679. The highest BCUT2D eigenvalue weighted by atomic mass is 16.6. The van der Waals surface area contributed by atoms with Gasteiger partial charge in [0.25, 0.3) is 5.69 Å². The van der Waals surface area contributed by atoms with Crippen molar-refractivity contribution >= 4 is 5.69 Å². The van der Waals surface area contributed by atoms with E-state index in [-0.39, 0.29) is 5.69 Å². The molecular formula is C9H9NO3. The SMILES string of the molecule is O=[N+]([O-])c1ccccc1C/C=C/O. The summed E-state index contributed by atoms with van der Waals surface area (Å²) >= 11 is 0. The lowest BCUT2D eigenvalue weighted by molar-refractivity contribution is -0.385. The van der Waals surface area contributed by atoms with Crippen molar-refractivity contribution in [3.8, 4) is 0 Å². The molecule has 1 aromatic rings. The molecule has 4 nitrogen and oxygen atoms in total. The quantitative estimate of drug-likeness (QED) is 0.439. The first-order chi connectivity index (χ1) is 6.25. The summed E-state index contributed by atoms with van der Waals surface area (Å²) in [7, 11) is 0. The average Bonchev–Trinajstić information content (AvgIpc) is 2.15. The summed E-state index contributed by atoms with van der Waals surface area (Å²) in [6.07, 6.45) is 2.71. The van der Waals surface area contributed by atoms with Gasteiger partial charge < -0.3 is 5.11 Å². The van der Waals surface area contributed by atoms with Gasteiger partial charge in [0, 0.05) is 18.1 Å². The molecular weight excluding hydrogens is 170 g/mol. The molecule has 0 unspecified atom stereocenters. The zero-order valence-corrected chi connectivity index (χ0v) is 6.88. The van der Waals surface area contributed by atoms with Gasteiger partial charge in [0.15, 0.2) is 0 Å². The number of nitrogens with zero attached hydrogens (tertiary/aromatic N) is 1. The van der Waals surface area contributed by atoms with Crippen LogP contribution in [0.3, 0.4) is 0 Å². The molecule has 1 aromatic carbocycles. The van der Waals surface area contributed by atoms with Crippen LogP contribution in [0.5, 0.6) is 0 Å². The highest BCUT2D eigenvalue weighted by molar-refractivity contribution is 5.40. The number of hydrogen-bond donors (Lipinski definition) is 1. The van der Waals surface area contributed by atoms with E-state index in [1.807, 2.05) is 0 Å². The van der Waals surface area contributed by atoms with Crippen molar-refractivity contribution in [2.45, 2.75) is 6.42 Å². The van der Waals surface area contributed by atoms with Gasteiger partial charge in [0.1, 0.15) is 0 Å². The highest BCUT2D eigenvalue weighted by Crippen LogP contribution is 2.17. The van der Waals surface area contributed by atoms with Gasteiger partial charge in [-0.3, -0.25) is 10.1 Å². The van der Waals surface area contributed by atoms with Crippen LogP contribution in [-0.4, -0.2) is 10.0 Å². The summed E-state index contributed by atoms with van der Waals surface area (Å²) < 4.78 is 0. The largest absolute Gasteiger partial charge is 0.516 e. The summed E-state index contributed by atoms with van der Waals surface area (Å²) in [6.45, 7) is 0. The van der Waals surface area contributed by atoms with Crippen LogP contribution in [0.1, 0.15) is 5.56 Å². The molecule has 0 radical (unpaired) electrons. The molecule has 0 fully saturated rings. The van der Waals surface area contributed by atoms with Crippen LogP contribution in [-0.2, 0) is 6.42 Å². The topological polar surface area (TPSA) is 63.4 Å². The van der Waals surface area contributed by atoms with Gasteiger partial charge in [0.05, 0.1) is 11.2 Å². The molecule has 0 aliphatic rings. The Hall–Kier alpha value is -1.84. The van der Waals surface area contributed by atoms with Crippen molar-refractivity contribution in [2.75, 3.05) is 0 Å². The van der Waals surface area contributed by atoms with E-state index in [2.05, 4.69) is 0 Å². The lowest BCUT2D eigenvalue weighted by atomic mass is 10.1. The number of rotatable bonds is 3. The number of nitro benzene ring substituents is 1. The van der Waals surface area contributed by atoms with Crippen molar-refractivity contribution < 1.29 is 10.0 Å². The third kappa shape index (κ3) is 2.30. The van der Waals surface area contributed by atoms with E-state index >= 15 is 0 Å². The summed E-state index contributed by atoms with van der Waals surface area (Å²) in [5, 5.41) is 18.9. The first-order valence-corrected chi connectivity index (χ1v) is 3.77. The maximum Gasteiger partial charge on any atom is 0.272 e. The molecule has 1 N–H and O–H groups in total. The fraction of sp³-hybridized carbons (Fsp3) is 0.111. The van der Waals surface area contributed by atoms with Crippen molar-refractivity contribution in [1.82, 2.24) is 0 Å². The van der Waals surface area contributed by atoms with Gasteiger partial charge in [-0.15, -0.1) is 0 Å². The van der Waals surface area contributed by atoms with Gasteiger partial charge in [-0.25, -0.2) is 0 Å². The monoisotopic (exact) mass is 179 g/mol. The minimum absolute atomic E-state index is 0.0839. The second-order valence-electron chi connectivity index (χ2n) is 2.47. The number of benzene rings is 1. The van der Waals surface area contributed by atoms with Crippen LogP contribution in [0, 0.1) is 10.1 Å². The summed E-state index contributed by atoms with van der Waals surface area (Å²) in [6, 6.07) is 6.45. The van der Waals surface area contributed by atoms with Crippen LogP contribution in [0.15, 0.2) is 36.6 Å². The Bertz CT molecular complexity index is 333. The molecule has 4 heteroatoms. The summed E-state index contributed by atoms with van der Waals surface area (Å²) in [5.74, 6) is 0. The molecule has 0 aliphatic heterocycles. The van der Waals surface area contributed by atoms with Crippen molar-refractivity contribution in [1.29, 1.82) is 0 Å². The van der Waals surface area contributed by atoms with Crippen LogP contribution in [0.25, 0.3) is 0 Å². The molecule has 0 aromatic heterocycles. The Labute approximate surface area is 75.3 Å². The van der Waals surface area contributed by atoms with Gasteiger partial charge in [-0.1, -0.05) is 18.2 Å². The number of aliphatic hydroxyl groups is 1. The number of allylic oxidation sites excluding steroid dienone is 1. The Morgan fingerprint density at radius 1 is 1.46 bits per heavy atom. The van der Waals surface area contributed by atoms with E-state index < -0.39 is 4.92 Å². The molecule has 0 saturated carbocycles. The predicted molar refractivity (Wildman–Crippen MR) is 48.6 cm³/mol. The molecule has 0 atom stereocenters. The maximum atomic E-state index is 10.5. The summed E-state index contributed by atoms with van der Waals surface area (Å²) in [4.78, 5) is 10.1. The number of nitro groups is 1. The standard InChI is InChI=1S/C9H9NO3/c11-7-3-5-8-4-1-2-6-9(8)10(12)13/h1-4,6-7,11H,5H2/b7-3+. The Balaban J connectivity index is 2.97. The van der Waals surface area contributed by atoms with Crippen LogP contribution in [0.4, 0.5) is 5.69 Å². The van der Waals surface area contributed by atoms with Crippen LogP contribution in [0.2, 0.25) is 0 Å². The van der Waals surface area contributed by atoms with E-state index in [0.29, 0.717) is 12.0 Å². The molecule has 0 aliphatic carbocycles. The van der Waals surface area contributed by atoms with Crippen LogP contribution < -0.4 is 0 Å². The molecule has 0 spiro atoms. The van der Waals surface area contributed by atoms with Gasteiger partial charge >= 0.3 is 0 Å². The molecule has 13 heavy (non-hydrogen) atoms. The van der Waals surface area contributed by atoms with E-state index in [1.54, 1.807) is 18.2 Å². The Morgan fingerprint density at radius 2 is 2.15 bits per heavy atom. The highest BCUT2D eigenvalue weighted by Gasteiger charge is 2.09. The van der Waals surface area contributed by atoms with Gasteiger partial charge in [-0.05, 0) is 6.08 Å². The van der Waals surface area contributed by atoms with Crippen molar-refractivity contribution in [2.24, 2.45) is 0 Å². The predicted octanol–water partition coefficient (Wildman–Crippen LogP) is 2.21. The minimum atomic E-state index is -0.430. The number of para-hydroxylation sites is 1. The molecule has 0 heterocycles. The molecule has 0 amide bonds. The van der Waals surface area contributed by atoms with E-state index in [1.165, 1.54) is 12.1 Å². The fourth-order valence-electron chi connectivity index (χ4n) is 1.04. The zero-order chi connectivity index (χ0) is 9.68. The number of aliphatic hydroxyl groups excluding tert-OH is 1. The first-order valence-electron chi connectivity index (χ1n) is 3.77. The van der Waals surface area contributed by atoms with Crippen LogP contribution >= 0.6 is 0 Å². The third-order valence-corrected chi connectivity index (χ3v) is 1.63. The Kier molecular flexibility index (Phi) is 3.03. The van der Waals surface area contributed by atoms with Crippen molar-refractivity contribution in [3.05, 3.63) is 52.3 Å². The number of hydrogen-bond acceptors (Lipinski definition) is 3. The smallest absolute Gasteiger partial charge is 0.272 e. The first kappa shape index (κ1) is 9.25. The molecule has 0 saturated heterocycles. The maximum absolute atomic E-state index is 10.5. The lowest BCUT2D eigenvalue weighted by Crippen LogP contribution is -1.93. The zero-order valence-electron chi connectivity index (χ0n) is 6.88. The molecule has 1 rings (SSSR count). The Morgan fingerprint density at radius 3 is 2.77 bits per heavy atom. The van der Waals surface area contributed by atoms with E-state index in [0.717, 1.165) is 6.26 Å².